The Hall–Kier alpha value is -3.17. The standard InChI is InChI=1S/C26H22O2S/c27-29(28,24-17-8-3-9-18-24)25-19-23(16-10-13-21-11-4-1-5-12-21)26(20-25)22-14-6-2-7-15-22/h1-18,20,25H,19H2/b13-10+,23-16+. The van der Waals surface area contributed by atoms with E-state index in [1.54, 1.807) is 24.3 Å². The van der Waals surface area contributed by atoms with Gasteiger partial charge in [-0.1, -0.05) is 103 Å². The summed E-state index contributed by atoms with van der Waals surface area (Å²) in [5.41, 5.74) is 4.18. The molecule has 0 saturated carbocycles. The Bertz CT molecular complexity index is 1160. The zero-order valence-corrected chi connectivity index (χ0v) is 16.8. The van der Waals surface area contributed by atoms with Crippen LogP contribution in [-0.4, -0.2) is 13.7 Å². The molecule has 0 aromatic heterocycles. The van der Waals surface area contributed by atoms with E-state index in [1.165, 1.54) is 0 Å². The second-order valence-electron chi connectivity index (χ2n) is 7.01. The molecule has 2 nitrogen and oxygen atoms in total. The van der Waals surface area contributed by atoms with E-state index < -0.39 is 15.1 Å². The normalized spacial score (nSPS) is 18.3. The summed E-state index contributed by atoms with van der Waals surface area (Å²) < 4.78 is 26.3. The van der Waals surface area contributed by atoms with Gasteiger partial charge in [0, 0.05) is 0 Å². The van der Waals surface area contributed by atoms with Crippen LogP contribution < -0.4 is 0 Å². The van der Waals surface area contributed by atoms with E-state index in [0.29, 0.717) is 11.3 Å². The van der Waals surface area contributed by atoms with E-state index >= 15 is 0 Å². The molecule has 1 unspecified atom stereocenters. The first-order chi connectivity index (χ1) is 14.1. The van der Waals surface area contributed by atoms with Crippen LogP contribution in [-0.2, 0) is 9.84 Å². The molecule has 0 radical (unpaired) electrons. The van der Waals surface area contributed by atoms with Gasteiger partial charge in [-0.2, -0.15) is 0 Å². The molecule has 0 aliphatic heterocycles. The van der Waals surface area contributed by atoms with E-state index in [2.05, 4.69) is 0 Å². The quantitative estimate of drug-likeness (QED) is 0.532. The second-order valence-corrected chi connectivity index (χ2v) is 9.18. The topological polar surface area (TPSA) is 34.1 Å². The lowest BCUT2D eigenvalue weighted by atomic mass is 10.0. The number of benzene rings is 3. The third kappa shape index (κ3) is 4.30. The average molecular weight is 399 g/mol. The molecule has 0 N–H and O–H groups in total. The Morgan fingerprint density at radius 3 is 2.00 bits per heavy atom. The van der Waals surface area contributed by atoms with Crippen LogP contribution in [0.4, 0.5) is 0 Å². The predicted octanol–water partition coefficient (Wildman–Crippen LogP) is 5.96. The summed E-state index contributed by atoms with van der Waals surface area (Å²) in [6.45, 7) is 0. The number of hydrogen-bond donors (Lipinski definition) is 0. The molecule has 144 valence electrons. The molecule has 3 aromatic carbocycles. The molecular formula is C26H22O2S. The summed E-state index contributed by atoms with van der Waals surface area (Å²) in [4.78, 5) is 0.370. The molecule has 3 aromatic rings. The summed E-state index contributed by atoms with van der Waals surface area (Å²) in [5, 5.41) is -0.559. The SMILES string of the molecule is O=S(=O)(c1ccccc1)C1C=C(c2ccccc2)/C(=C/C=C/c2ccccc2)C1. The monoisotopic (exact) mass is 398 g/mol. The number of rotatable bonds is 5. The van der Waals surface area contributed by atoms with Crippen LogP contribution in [0.15, 0.2) is 120 Å². The molecule has 0 spiro atoms. The van der Waals surface area contributed by atoms with Gasteiger partial charge in [-0.15, -0.1) is 0 Å². The van der Waals surface area contributed by atoms with Crippen LogP contribution in [0, 0.1) is 0 Å². The number of sulfone groups is 1. The van der Waals surface area contributed by atoms with Gasteiger partial charge in [0.15, 0.2) is 9.84 Å². The first kappa shape index (κ1) is 19.2. The van der Waals surface area contributed by atoms with E-state index in [4.69, 9.17) is 0 Å². The summed E-state index contributed by atoms with van der Waals surface area (Å²) in [6, 6.07) is 28.8. The van der Waals surface area contributed by atoms with Crippen molar-refractivity contribution in [1.82, 2.24) is 0 Å². The van der Waals surface area contributed by atoms with Crippen molar-refractivity contribution >= 4 is 21.5 Å². The summed E-state index contributed by atoms with van der Waals surface area (Å²) >= 11 is 0. The van der Waals surface area contributed by atoms with E-state index in [1.807, 2.05) is 91.0 Å². The second kappa shape index (κ2) is 8.46. The van der Waals surface area contributed by atoms with Crippen molar-refractivity contribution in [1.29, 1.82) is 0 Å². The van der Waals surface area contributed by atoms with Crippen LogP contribution in [0.3, 0.4) is 0 Å². The Morgan fingerprint density at radius 2 is 1.34 bits per heavy atom. The van der Waals surface area contributed by atoms with Gasteiger partial charge in [0.1, 0.15) is 0 Å². The van der Waals surface area contributed by atoms with Gasteiger partial charge in [-0.3, -0.25) is 0 Å². The highest BCUT2D eigenvalue weighted by Gasteiger charge is 2.32. The van der Waals surface area contributed by atoms with Crippen molar-refractivity contribution in [2.24, 2.45) is 0 Å². The third-order valence-electron chi connectivity index (χ3n) is 5.06. The maximum absolute atomic E-state index is 13.2. The van der Waals surface area contributed by atoms with Crippen molar-refractivity contribution in [2.75, 3.05) is 0 Å². The van der Waals surface area contributed by atoms with Crippen LogP contribution in [0.1, 0.15) is 17.5 Å². The minimum Gasteiger partial charge on any atom is -0.223 e. The molecule has 1 atom stereocenters. The molecule has 3 heteroatoms. The number of hydrogen-bond acceptors (Lipinski definition) is 2. The van der Waals surface area contributed by atoms with Gasteiger partial charge in [0.25, 0.3) is 0 Å². The predicted molar refractivity (Wildman–Crippen MR) is 120 cm³/mol. The highest BCUT2D eigenvalue weighted by molar-refractivity contribution is 7.92. The molecule has 1 aliphatic rings. The molecule has 29 heavy (non-hydrogen) atoms. The molecule has 4 rings (SSSR count). The van der Waals surface area contributed by atoms with Gasteiger partial charge in [-0.05, 0) is 40.8 Å². The zero-order valence-electron chi connectivity index (χ0n) is 16.0. The van der Waals surface area contributed by atoms with Crippen LogP contribution in [0.5, 0.6) is 0 Å². The lowest BCUT2D eigenvalue weighted by Crippen LogP contribution is -2.17. The summed E-state index contributed by atoms with van der Waals surface area (Å²) in [5.74, 6) is 0. The van der Waals surface area contributed by atoms with Crippen molar-refractivity contribution in [3.05, 3.63) is 126 Å². The van der Waals surface area contributed by atoms with E-state index in [0.717, 1.165) is 22.3 Å². The van der Waals surface area contributed by atoms with Crippen LogP contribution in [0.25, 0.3) is 11.6 Å². The van der Waals surface area contributed by atoms with Gasteiger partial charge in [-0.25, -0.2) is 8.42 Å². The first-order valence-electron chi connectivity index (χ1n) is 9.63. The van der Waals surface area contributed by atoms with Crippen LogP contribution in [0.2, 0.25) is 0 Å². The smallest absolute Gasteiger partial charge is 0.185 e. The fourth-order valence-corrected chi connectivity index (χ4v) is 5.16. The molecular weight excluding hydrogens is 376 g/mol. The Labute approximate surface area is 172 Å². The Kier molecular flexibility index (Phi) is 5.59. The average Bonchev–Trinajstić information content (AvgIpc) is 3.21. The number of allylic oxidation sites excluding steroid dienone is 4. The van der Waals surface area contributed by atoms with Gasteiger partial charge < -0.3 is 0 Å². The van der Waals surface area contributed by atoms with Gasteiger partial charge >= 0.3 is 0 Å². The van der Waals surface area contributed by atoms with Crippen molar-refractivity contribution in [3.8, 4) is 0 Å². The maximum Gasteiger partial charge on any atom is 0.185 e. The van der Waals surface area contributed by atoms with E-state index in [-0.39, 0.29) is 0 Å². The third-order valence-corrected chi connectivity index (χ3v) is 7.09. The fourth-order valence-electron chi connectivity index (χ4n) is 3.56. The first-order valence-corrected chi connectivity index (χ1v) is 11.2. The lowest BCUT2D eigenvalue weighted by Gasteiger charge is -2.09. The molecule has 0 amide bonds. The summed E-state index contributed by atoms with van der Waals surface area (Å²) in [6.07, 6.45) is 8.44. The van der Waals surface area contributed by atoms with Crippen molar-refractivity contribution in [2.45, 2.75) is 16.6 Å². The minimum absolute atomic E-state index is 0.370. The van der Waals surface area contributed by atoms with E-state index in [9.17, 15) is 8.42 Å². The zero-order chi connectivity index (χ0) is 20.1. The molecule has 0 bridgehead atoms. The van der Waals surface area contributed by atoms with Crippen molar-refractivity contribution < 1.29 is 8.42 Å². The van der Waals surface area contributed by atoms with Crippen molar-refractivity contribution in [3.63, 3.8) is 0 Å². The highest BCUT2D eigenvalue weighted by Crippen LogP contribution is 2.38. The van der Waals surface area contributed by atoms with Gasteiger partial charge in [0.05, 0.1) is 10.1 Å². The van der Waals surface area contributed by atoms with Gasteiger partial charge in [0.2, 0.25) is 0 Å². The molecule has 0 fully saturated rings. The summed E-state index contributed by atoms with van der Waals surface area (Å²) in [7, 11) is -3.43. The minimum atomic E-state index is -3.43. The molecule has 0 saturated heterocycles. The fraction of sp³-hybridized carbons (Fsp3) is 0.0769. The van der Waals surface area contributed by atoms with Crippen LogP contribution >= 0.6 is 0 Å². The highest BCUT2D eigenvalue weighted by atomic mass is 32.2. The molecule has 1 aliphatic carbocycles. The molecule has 0 heterocycles. The Morgan fingerprint density at radius 1 is 0.759 bits per heavy atom. The Balaban J connectivity index is 1.69. The largest absolute Gasteiger partial charge is 0.223 e. The lowest BCUT2D eigenvalue weighted by molar-refractivity contribution is 0.589. The maximum atomic E-state index is 13.2.